The first kappa shape index (κ1) is 19.1. The van der Waals surface area contributed by atoms with Gasteiger partial charge in [-0.25, -0.2) is 0 Å². The topological polar surface area (TPSA) is 84.5 Å². The Morgan fingerprint density at radius 1 is 1.33 bits per heavy atom. The average molecular weight is 371 g/mol. The predicted molar refractivity (Wildman–Crippen MR) is 99.9 cm³/mol. The molecule has 1 N–H and O–H groups in total. The van der Waals surface area contributed by atoms with Gasteiger partial charge in [0, 0.05) is 25.8 Å². The van der Waals surface area contributed by atoms with Gasteiger partial charge in [-0.3, -0.25) is 14.7 Å². The van der Waals surface area contributed by atoms with Gasteiger partial charge in [0.2, 0.25) is 0 Å². The van der Waals surface area contributed by atoms with Crippen LogP contribution in [-0.4, -0.2) is 53.6 Å². The first-order chi connectivity index (χ1) is 13.1. The molecule has 0 aliphatic carbocycles. The van der Waals surface area contributed by atoms with Crippen molar-refractivity contribution in [3.63, 3.8) is 0 Å². The van der Waals surface area contributed by atoms with Gasteiger partial charge in [0.15, 0.2) is 11.5 Å². The van der Waals surface area contributed by atoms with E-state index in [1.54, 1.807) is 37.4 Å². The molecule has 1 saturated heterocycles. The molecule has 1 aliphatic rings. The molecule has 1 unspecified atom stereocenters. The maximum absolute atomic E-state index is 12.7. The molecule has 27 heavy (non-hydrogen) atoms. The summed E-state index contributed by atoms with van der Waals surface area (Å²) in [6, 6.07) is 8.74. The zero-order valence-corrected chi connectivity index (χ0v) is 15.7. The van der Waals surface area contributed by atoms with Crippen LogP contribution in [0.25, 0.3) is 0 Å². The van der Waals surface area contributed by atoms with Crippen molar-refractivity contribution in [2.75, 3.05) is 26.8 Å². The van der Waals surface area contributed by atoms with Crippen molar-refractivity contribution in [3.8, 4) is 5.75 Å². The number of carbonyl (C=O) groups excluding carboxylic acids is 2. The summed E-state index contributed by atoms with van der Waals surface area (Å²) in [6.45, 7) is 3.87. The molecule has 1 atom stereocenters. The molecule has 0 radical (unpaired) electrons. The number of rotatable bonds is 7. The predicted octanol–water partition coefficient (Wildman–Crippen LogP) is 2.69. The van der Waals surface area contributed by atoms with Crippen LogP contribution in [-0.2, 0) is 11.3 Å². The number of Topliss-reactive ketones (excluding diaryl/α,β-unsaturated/α-hetero) is 1. The minimum absolute atomic E-state index is 0.0109. The fraction of sp³-hybridized carbons (Fsp3) is 0.450. The molecule has 2 aromatic rings. The van der Waals surface area contributed by atoms with E-state index in [1.165, 1.54) is 6.92 Å². The zero-order chi connectivity index (χ0) is 19.2. The number of carbonyl (C=O) groups is 2. The lowest BCUT2D eigenvalue weighted by atomic mass is 9.99. The number of benzene rings is 1. The lowest BCUT2D eigenvalue weighted by molar-refractivity contribution is 0.0565. The Kier molecular flexibility index (Phi) is 6.24. The molecule has 7 heteroatoms. The Morgan fingerprint density at radius 2 is 2.19 bits per heavy atom. The number of nitrogens with zero attached hydrogens (tertiary/aromatic N) is 2. The van der Waals surface area contributed by atoms with Gasteiger partial charge in [-0.05, 0) is 43.9 Å². The number of piperidine rings is 1. The highest BCUT2D eigenvalue weighted by molar-refractivity contribution is 5.94. The molecule has 1 aromatic carbocycles. The molecule has 7 nitrogen and oxygen atoms in total. The lowest BCUT2D eigenvalue weighted by Crippen LogP contribution is -2.41. The summed E-state index contributed by atoms with van der Waals surface area (Å²) in [7, 11) is 1.69. The third-order valence-electron chi connectivity index (χ3n) is 4.69. The van der Waals surface area contributed by atoms with Gasteiger partial charge in [0.25, 0.3) is 5.91 Å². The van der Waals surface area contributed by atoms with Crippen molar-refractivity contribution in [1.29, 1.82) is 0 Å². The van der Waals surface area contributed by atoms with E-state index in [-0.39, 0.29) is 18.3 Å². The molecule has 0 bridgehead atoms. The van der Waals surface area contributed by atoms with Crippen LogP contribution in [0.2, 0.25) is 0 Å². The van der Waals surface area contributed by atoms with E-state index < -0.39 is 0 Å². The van der Waals surface area contributed by atoms with Gasteiger partial charge < -0.3 is 14.4 Å². The summed E-state index contributed by atoms with van der Waals surface area (Å²) in [4.78, 5) is 26.0. The number of amides is 1. The molecule has 144 valence electrons. The largest absolute Gasteiger partial charge is 0.487 e. The third kappa shape index (κ3) is 4.95. The van der Waals surface area contributed by atoms with Crippen molar-refractivity contribution in [2.24, 2.45) is 5.92 Å². The van der Waals surface area contributed by atoms with E-state index in [0.717, 1.165) is 19.4 Å². The number of H-pyrrole nitrogens is 1. The molecule has 1 amide bonds. The second-order valence-corrected chi connectivity index (χ2v) is 6.87. The molecular weight excluding hydrogens is 346 g/mol. The van der Waals surface area contributed by atoms with Gasteiger partial charge in [0.1, 0.15) is 12.4 Å². The monoisotopic (exact) mass is 371 g/mol. The van der Waals surface area contributed by atoms with Crippen molar-refractivity contribution < 1.29 is 19.1 Å². The van der Waals surface area contributed by atoms with Gasteiger partial charge in [0.05, 0.1) is 12.3 Å². The summed E-state index contributed by atoms with van der Waals surface area (Å²) in [5.74, 6) is 0.895. The third-order valence-corrected chi connectivity index (χ3v) is 4.69. The van der Waals surface area contributed by atoms with Crippen LogP contribution in [0.15, 0.2) is 30.3 Å². The van der Waals surface area contributed by atoms with Crippen molar-refractivity contribution >= 4 is 11.7 Å². The number of nitrogens with one attached hydrogen (secondary N) is 1. The molecule has 0 saturated carbocycles. The maximum atomic E-state index is 12.7. The maximum Gasteiger partial charge on any atom is 0.274 e. The van der Waals surface area contributed by atoms with Crippen molar-refractivity contribution in [3.05, 3.63) is 47.3 Å². The lowest BCUT2D eigenvalue weighted by Gasteiger charge is -2.31. The van der Waals surface area contributed by atoms with Crippen molar-refractivity contribution in [2.45, 2.75) is 26.4 Å². The highest BCUT2D eigenvalue weighted by Crippen LogP contribution is 2.19. The number of aromatic nitrogens is 2. The van der Waals surface area contributed by atoms with Crippen LogP contribution in [0.4, 0.5) is 0 Å². The first-order valence-corrected chi connectivity index (χ1v) is 9.13. The number of likely N-dealkylation sites (tertiary alicyclic amines) is 1. The number of methoxy groups -OCH3 is 1. The number of hydrogen-bond acceptors (Lipinski definition) is 5. The molecule has 1 fully saturated rings. The molecule has 1 aliphatic heterocycles. The summed E-state index contributed by atoms with van der Waals surface area (Å²) < 4.78 is 10.9. The Hall–Kier alpha value is -2.67. The minimum Gasteiger partial charge on any atom is -0.487 e. The average Bonchev–Trinajstić information content (AvgIpc) is 3.15. The Bertz CT molecular complexity index is 800. The summed E-state index contributed by atoms with van der Waals surface area (Å²) in [5, 5.41) is 6.99. The minimum atomic E-state index is -0.0723. The van der Waals surface area contributed by atoms with Crippen molar-refractivity contribution in [1.82, 2.24) is 15.1 Å². The molecule has 1 aromatic heterocycles. The number of hydrogen-bond donors (Lipinski definition) is 1. The van der Waals surface area contributed by atoms with Crippen LogP contribution in [0.3, 0.4) is 0 Å². The highest BCUT2D eigenvalue weighted by Gasteiger charge is 2.25. The SMILES string of the molecule is COCC1CCCN(C(=O)c2cc(COc3cccc(C(C)=O)c3)[nH]n2)C1. The molecular formula is C20H25N3O4. The molecule has 2 heterocycles. The fourth-order valence-corrected chi connectivity index (χ4v) is 3.29. The quantitative estimate of drug-likeness (QED) is 0.757. The Labute approximate surface area is 158 Å². The van der Waals surface area contributed by atoms with Gasteiger partial charge in [-0.1, -0.05) is 12.1 Å². The zero-order valence-electron chi connectivity index (χ0n) is 15.7. The van der Waals surface area contributed by atoms with Gasteiger partial charge >= 0.3 is 0 Å². The first-order valence-electron chi connectivity index (χ1n) is 9.13. The molecule has 0 spiro atoms. The van der Waals surface area contributed by atoms with E-state index in [4.69, 9.17) is 9.47 Å². The van der Waals surface area contributed by atoms with E-state index in [1.807, 2.05) is 4.90 Å². The summed E-state index contributed by atoms with van der Waals surface area (Å²) >= 11 is 0. The van der Waals surface area contributed by atoms with E-state index in [0.29, 0.717) is 41.8 Å². The Morgan fingerprint density at radius 3 is 2.96 bits per heavy atom. The van der Waals surface area contributed by atoms with Crippen LogP contribution in [0.1, 0.15) is 46.3 Å². The van der Waals surface area contributed by atoms with Gasteiger partial charge in [-0.2, -0.15) is 5.10 Å². The van der Waals surface area contributed by atoms with E-state index in [9.17, 15) is 9.59 Å². The number of ketones is 1. The van der Waals surface area contributed by atoms with Crippen LogP contribution >= 0.6 is 0 Å². The smallest absolute Gasteiger partial charge is 0.274 e. The second kappa shape index (κ2) is 8.81. The van der Waals surface area contributed by atoms with Gasteiger partial charge in [-0.15, -0.1) is 0 Å². The van der Waals surface area contributed by atoms with Crippen LogP contribution in [0, 0.1) is 5.92 Å². The summed E-state index contributed by atoms with van der Waals surface area (Å²) in [6.07, 6.45) is 2.06. The van der Waals surface area contributed by atoms with E-state index >= 15 is 0 Å². The fourth-order valence-electron chi connectivity index (χ4n) is 3.29. The van der Waals surface area contributed by atoms with Crippen LogP contribution in [0.5, 0.6) is 5.75 Å². The normalized spacial score (nSPS) is 17.0. The standard InChI is InChI=1S/C20H25N3O4/c1-14(24)16-6-3-7-18(9-16)27-13-17-10-19(22-21-17)20(25)23-8-4-5-15(11-23)12-26-2/h3,6-7,9-10,15H,4-5,8,11-13H2,1-2H3,(H,21,22). The summed E-state index contributed by atoms with van der Waals surface area (Å²) in [5.41, 5.74) is 1.70. The number of aromatic amines is 1. The van der Waals surface area contributed by atoms with Crippen LogP contribution < -0.4 is 4.74 Å². The molecule has 3 rings (SSSR count). The number of ether oxygens (including phenoxy) is 2. The van der Waals surface area contributed by atoms with E-state index in [2.05, 4.69) is 10.2 Å². The highest BCUT2D eigenvalue weighted by atomic mass is 16.5. The Balaban J connectivity index is 1.58. The second-order valence-electron chi connectivity index (χ2n) is 6.87.